The number of imidazole rings is 1. The van der Waals surface area contributed by atoms with Gasteiger partial charge in [0.25, 0.3) is 0 Å². The quantitative estimate of drug-likeness (QED) is 0.595. The van der Waals surface area contributed by atoms with Crippen LogP contribution >= 0.6 is 11.6 Å². The minimum atomic E-state index is -0.123. The van der Waals surface area contributed by atoms with Gasteiger partial charge >= 0.3 is 0 Å². The van der Waals surface area contributed by atoms with Gasteiger partial charge in [0, 0.05) is 12.6 Å². The Hall–Kier alpha value is -1.29. The molecule has 1 atom stereocenters. The molecule has 0 saturated carbocycles. The maximum atomic E-state index is 6.22. The Morgan fingerprint density at radius 2 is 2.11 bits per heavy atom. The molecule has 0 spiro atoms. The van der Waals surface area contributed by atoms with Crippen LogP contribution in [0.25, 0.3) is 11.2 Å². The predicted octanol–water partition coefficient (Wildman–Crippen LogP) is 3.93. The highest BCUT2D eigenvalue weighted by atomic mass is 35.5. The Balaban J connectivity index is 2.44. The van der Waals surface area contributed by atoms with Crippen molar-refractivity contribution in [3.8, 4) is 5.88 Å². The number of fused-ring (bicyclic) bond motifs is 1. The highest BCUT2D eigenvalue weighted by molar-refractivity contribution is 6.20. The molecule has 1 unspecified atom stereocenters. The van der Waals surface area contributed by atoms with Crippen molar-refractivity contribution < 1.29 is 4.74 Å². The van der Waals surface area contributed by atoms with Crippen molar-refractivity contribution in [1.29, 1.82) is 0 Å². The lowest BCUT2D eigenvalue weighted by Gasteiger charge is -2.09. The second kappa shape index (κ2) is 6.24. The molecular formula is C14H20ClN3O. The van der Waals surface area contributed by atoms with Gasteiger partial charge in [0.15, 0.2) is 5.65 Å². The smallest absolute Gasteiger partial charge is 0.215 e. The number of hydrogen-bond acceptors (Lipinski definition) is 3. The Bertz CT molecular complexity index is 551. The minimum absolute atomic E-state index is 0.123. The van der Waals surface area contributed by atoms with E-state index in [1.807, 2.05) is 19.1 Å². The van der Waals surface area contributed by atoms with Gasteiger partial charge < -0.3 is 9.30 Å². The standard InChI is InChI=1S/C14H20ClN3O/c1-4-5-6-9-18-13(10(2)15)16-11-7-8-12(19-3)17-14(11)18/h7-8,10H,4-6,9H2,1-3H3. The number of nitrogens with zero attached hydrogens (tertiary/aromatic N) is 3. The summed E-state index contributed by atoms with van der Waals surface area (Å²) in [6, 6.07) is 3.76. The fourth-order valence-electron chi connectivity index (χ4n) is 2.16. The lowest BCUT2D eigenvalue weighted by molar-refractivity contribution is 0.398. The van der Waals surface area contributed by atoms with Crippen LogP contribution in [0, 0.1) is 0 Å². The Labute approximate surface area is 118 Å². The van der Waals surface area contributed by atoms with Gasteiger partial charge in [-0.1, -0.05) is 19.8 Å². The Morgan fingerprint density at radius 3 is 2.74 bits per heavy atom. The molecule has 0 aromatic carbocycles. The number of unbranched alkanes of at least 4 members (excludes halogenated alkanes) is 2. The summed E-state index contributed by atoms with van der Waals surface area (Å²) in [5.41, 5.74) is 1.73. The zero-order chi connectivity index (χ0) is 13.8. The second-order valence-corrected chi connectivity index (χ2v) is 5.30. The highest BCUT2D eigenvalue weighted by Crippen LogP contribution is 2.25. The van der Waals surface area contributed by atoms with Crippen molar-refractivity contribution in [3.63, 3.8) is 0 Å². The first kappa shape index (κ1) is 14.1. The number of aromatic nitrogens is 3. The molecule has 0 aliphatic carbocycles. The summed E-state index contributed by atoms with van der Waals surface area (Å²) < 4.78 is 7.30. The number of halogens is 1. The first-order chi connectivity index (χ1) is 9.17. The van der Waals surface area contributed by atoms with Crippen LogP contribution in [0.5, 0.6) is 5.88 Å². The van der Waals surface area contributed by atoms with E-state index in [9.17, 15) is 0 Å². The summed E-state index contributed by atoms with van der Waals surface area (Å²) >= 11 is 6.22. The average Bonchev–Trinajstić information content (AvgIpc) is 2.77. The minimum Gasteiger partial charge on any atom is -0.481 e. The molecule has 0 fully saturated rings. The normalized spacial score (nSPS) is 12.8. The largest absolute Gasteiger partial charge is 0.481 e. The summed E-state index contributed by atoms with van der Waals surface area (Å²) in [5, 5.41) is -0.123. The van der Waals surface area contributed by atoms with Gasteiger partial charge in [0.1, 0.15) is 11.3 Å². The van der Waals surface area contributed by atoms with Crippen molar-refractivity contribution in [2.75, 3.05) is 7.11 Å². The summed E-state index contributed by atoms with van der Waals surface area (Å²) in [5.74, 6) is 1.49. The Kier molecular flexibility index (Phi) is 4.64. The average molecular weight is 282 g/mol. The number of ether oxygens (including phenoxy) is 1. The van der Waals surface area contributed by atoms with Crippen molar-refractivity contribution in [2.24, 2.45) is 0 Å². The van der Waals surface area contributed by atoms with Gasteiger partial charge in [-0.05, 0) is 19.4 Å². The number of pyridine rings is 1. The van der Waals surface area contributed by atoms with Crippen molar-refractivity contribution >= 4 is 22.8 Å². The molecule has 0 saturated heterocycles. The number of rotatable bonds is 6. The van der Waals surface area contributed by atoms with E-state index in [0.717, 1.165) is 30.0 Å². The molecule has 0 radical (unpaired) electrons. The van der Waals surface area contributed by atoms with Crippen molar-refractivity contribution in [3.05, 3.63) is 18.0 Å². The van der Waals surface area contributed by atoms with E-state index < -0.39 is 0 Å². The van der Waals surface area contributed by atoms with Crippen LogP contribution in [0.3, 0.4) is 0 Å². The molecule has 104 valence electrons. The van der Waals surface area contributed by atoms with Crippen LogP contribution in [-0.4, -0.2) is 21.6 Å². The highest BCUT2D eigenvalue weighted by Gasteiger charge is 2.16. The number of methoxy groups -OCH3 is 1. The van der Waals surface area contributed by atoms with Gasteiger partial charge in [-0.2, -0.15) is 4.98 Å². The summed E-state index contributed by atoms with van der Waals surface area (Å²) in [6.45, 7) is 5.03. The van der Waals surface area contributed by atoms with Crippen LogP contribution in [0.2, 0.25) is 0 Å². The van der Waals surface area contributed by atoms with Gasteiger partial charge in [-0.15, -0.1) is 11.6 Å². The molecule has 2 aromatic heterocycles. The molecule has 0 bridgehead atoms. The van der Waals surface area contributed by atoms with E-state index in [-0.39, 0.29) is 5.38 Å². The summed E-state index contributed by atoms with van der Waals surface area (Å²) in [6.07, 6.45) is 3.49. The summed E-state index contributed by atoms with van der Waals surface area (Å²) in [4.78, 5) is 9.07. The van der Waals surface area contributed by atoms with Gasteiger partial charge in [-0.3, -0.25) is 0 Å². The summed E-state index contributed by atoms with van der Waals surface area (Å²) in [7, 11) is 1.62. The molecule has 19 heavy (non-hydrogen) atoms. The van der Waals surface area contributed by atoms with Crippen LogP contribution in [-0.2, 0) is 6.54 Å². The molecule has 4 nitrogen and oxygen atoms in total. The fraction of sp³-hybridized carbons (Fsp3) is 0.571. The molecule has 2 heterocycles. The number of hydrogen-bond donors (Lipinski definition) is 0. The van der Waals surface area contributed by atoms with Crippen LogP contribution in [0.1, 0.15) is 44.3 Å². The lowest BCUT2D eigenvalue weighted by atomic mass is 10.2. The lowest BCUT2D eigenvalue weighted by Crippen LogP contribution is -2.05. The van der Waals surface area contributed by atoms with E-state index in [1.165, 1.54) is 12.8 Å². The van der Waals surface area contributed by atoms with Gasteiger partial charge in [0.2, 0.25) is 5.88 Å². The number of aryl methyl sites for hydroxylation is 1. The molecule has 0 N–H and O–H groups in total. The zero-order valence-corrected chi connectivity index (χ0v) is 12.4. The van der Waals surface area contributed by atoms with Crippen LogP contribution < -0.4 is 4.74 Å². The second-order valence-electron chi connectivity index (χ2n) is 4.64. The third kappa shape index (κ3) is 3.00. The predicted molar refractivity (Wildman–Crippen MR) is 77.9 cm³/mol. The maximum absolute atomic E-state index is 6.22. The van der Waals surface area contributed by atoms with E-state index in [4.69, 9.17) is 16.3 Å². The molecular weight excluding hydrogens is 262 g/mol. The van der Waals surface area contributed by atoms with E-state index >= 15 is 0 Å². The molecule has 5 heteroatoms. The van der Waals surface area contributed by atoms with Crippen molar-refractivity contribution in [1.82, 2.24) is 14.5 Å². The topological polar surface area (TPSA) is 39.9 Å². The molecule has 0 amide bonds. The zero-order valence-electron chi connectivity index (χ0n) is 11.7. The molecule has 2 rings (SSSR count). The van der Waals surface area contributed by atoms with Crippen molar-refractivity contribution in [2.45, 2.75) is 45.0 Å². The van der Waals surface area contributed by atoms with Crippen LogP contribution in [0.15, 0.2) is 12.1 Å². The fourth-order valence-corrected chi connectivity index (χ4v) is 2.33. The Morgan fingerprint density at radius 1 is 1.32 bits per heavy atom. The van der Waals surface area contributed by atoms with E-state index in [2.05, 4.69) is 21.5 Å². The van der Waals surface area contributed by atoms with Crippen LogP contribution in [0.4, 0.5) is 0 Å². The maximum Gasteiger partial charge on any atom is 0.215 e. The first-order valence-corrected chi connectivity index (χ1v) is 7.16. The SMILES string of the molecule is CCCCCn1c(C(C)Cl)nc2ccc(OC)nc21. The first-order valence-electron chi connectivity index (χ1n) is 6.72. The third-order valence-corrected chi connectivity index (χ3v) is 3.34. The molecule has 2 aromatic rings. The van der Waals surface area contributed by atoms with Gasteiger partial charge in [-0.25, -0.2) is 4.98 Å². The van der Waals surface area contributed by atoms with E-state index in [0.29, 0.717) is 5.88 Å². The number of alkyl halides is 1. The molecule has 0 aliphatic rings. The molecule has 0 aliphatic heterocycles. The van der Waals surface area contributed by atoms with E-state index in [1.54, 1.807) is 7.11 Å². The monoisotopic (exact) mass is 281 g/mol. The van der Waals surface area contributed by atoms with Gasteiger partial charge in [0.05, 0.1) is 12.5 Å². The third-order valence-electron chi connectivity index (χ3n) is 3.15.